The smallest absolute Gasteiger partial charge is 0.243 e. The van der Waals surface area contributed by atoms with Crippen LogP contribution in [0.5, 0.6) is 0 Å². The molecule has 0 aliphatic carbocycles. The van der Waals surface area contributed by atoms with Gasteiger partial charge in [0.1, 0.15) is 0 Å². The van der Waals surface area contributed by atoms with Crippen LogP contribution in [0.4, 0.5) is 0 Å². The van der Waals surface area contributed by atoms with Gasteiger partial charge in [-0.2, -0.15) is 0 Å². The number of carbonyl (C=O) groups is 2. The van der Waals surface area contributed by atoms with Gasteiger partial charge >= 0.3 is 0 Å². The van der Waals surface area contributed by atoms with Crippen molar-refractivity contribution < 1.29 is 29.4 Å². The lowest BCUT2D eigenvalue weighted by Gasteiger charge is -2.40. The molecule has 10 nitrogen and oxygen atoms in total. The van der Waals surface area contributed by atoms with E-state index in [2.05, 4.69) is 87.9 Å². The molecular formula is C44H54N4O6. The minimum absolute atomic E-state index is 0.00372. The largest absolute Gasteiger partial charge is 0.392 e. The molecule has 4 N–H and O–H groups in total. The molecule has 6 rings (SSSR count). The van der Waals surface area contributed by atoms with Gasteiger partial charge in [0, 0.05) is 70.6 Å². The molecule has 3 unspecified atom stereocenters. The fraction of sp³-hybridized carbons (Fsp3) is 0.409. The van der Waals surface area contributed by atoms with Crippen LogP contribution in [0.3, 0.4) is 0 Å². The highest BCUT2D eigenvalue weighted by Gasteiger charge is 2.34. The van der Waals surface area contributed by atoms with Crippen molar-refractivity contribution >= 4 is 11.8 Å². The van der Waals surface area contributed by atoms with Crippen LogP contribution in [0, 0.1) is 0 Å². The standard InChI is InChI=1S/C44H54N4O6/c49-32-34-16-18-36(19-17-34)41-28-39(31-48-26-24-47(25-27-48)30-33-10-4-3-5-11-33)53-44(54-41)37-22-20-35(21-23-37)40-13-9-8-12-38(40)29-45-42(50)14-6-1-2-7-15-43(51)46-52/h3-5,8-13,16-23,39,41,44,49,52H,1-2,6-7,14-15,24-32H2,(H,45,50)(H,46,51). The van der Waals surface area contributed by atoms with Crippen molar-refractivity contribution in [3.63, 3.8) is 0 Å². The van der Waals surface area contributed by atoms with Crippen LogP contribution >= 0.6 is 0 Å². The topological polar surface area (TPSA) is 124 Å². The van der Waals surface area contributed by atoms with Crippen LogP contribution < -0.4 is 10.8 Å². The number of aliphatic hydroxyl groups is 1. The highest BCUT2D eigenvalue weighted by Crippen LogP contribution is 2.39. The molecule has 0 radical (unpaired) electrons. The average molecular weight is 735 g/mol. The summed E-state index contributed by atoms with van der Waals surface area (Å²) >= 11 is 0. The summed E-state index contributed by atoms with van der Waals surface area (Å²) in [4.78, 5) is 28.8. The molecule has 0 aromatic heterocycles. The lowest BCUT2D eigenvalue weighted by Crippen LogP contribution is -2.49. The monoisotopic (exact) mass is 734 g/mol. The first kappa shape index (κ1) is 39.3. The number of rotatable bonds is 17. The van der Waals surface area contributed by atoms with Gasteiger partial charge < -0.3 is 19.9 Å². The van der Waals surface area contributed by atoms with Gasteiger partial charge in [-0.1, -0.05) is 116 Å². The zero-order valence-electron chi connectivity index (χ0n) is 31.1. The number of nitrogens with zero attached hydrogens (tertiary/aromatic N) is 2. The van der Waals surface area contributed by atoms with Gasteiger partial charge in [0.15, 0.2) is 6.29 Å². The summed E-state index contributed by atoms with van der Waals surface area (Å²) in [5.74, 6) is -0.375. The maximum Gasteiger partial charge on any atom is 0.243 e. The van der Waals surface area contributed by atoms with E-state index in [4.69, 9.17) is 14.7 Å². The Labute approximate surface area is 319 Å². The van der Waals surface area contributed by atoms with Crippen molar-refractivity contribution in [1.82, 2.24) is 20.6 Å². The predicted octanol–water partition coefficient (Wildman–Crippen LogP) is 6.67. The third-order valence-corrected chi connectivity index (χ3v) is 10.5. The number of aliphatic hydroxyl groups excluding tert-OH is 1. The van der Waals surface area contributed by atoms with E-state index < -0.39 is 6.29 Å². The van der Waals surface area contributed by atoms with Crippen LogP contribution in [0.25, 0.3) is 11.1 Å². The number of hydroxylamine groups is 1. The SMILES string of the molecule is O=C(CCCCCCC(=O)NCc1ccccc1-c1ccc(C2OC(CN3CCN(Cc4ccccc4)CC3)CC(c3ccc(CO)cc3)O2)cc1)NO. The first-order valence-corrected chi connectivity index (χ1v) is 19.3. The van der Waals surface area contributed by atoms with Gasteiger partial charge in [-0.3, -0.25) is 24.6 Å². The Morgan fingerprint density at radius 1 is 0.685 bits per heavy atom. The molecule has 2 saturated heterocycles. The molecule has 4 aromatic carbocycles. The summed E-state index contributed by atoms with van der Waals surface area (Å²) < 4.78 is 13.4. The summed E-state index contributed by atoms with van der Waals surface area (Å²) in [6, 6.07) is 35.2. The second kappa shape index (κ2) is 20.3. The number of benzene rings is 4. The summed E-state index contributed by atoms with van der Waals surface area (Å²) in [6.45, 7) is 6.29. The number of amides is 2. The van der Waals surface area contributed by atoms with E-state index in [1.54, 1.807) is 5.48 Å². The van der Waals surface area contributed by atoms with E-state index >= 15 is 0 Å². The van der Waals surface area contributed by atoms with E-state index in [1.165, 1.54) is 5.56 Å². The molecule has 2 aliphatic heterocycles. The Morgan fingerprint density at radius 3 is 2.04 bits per heavy atom. The minimum Gasteiger partial charge on any atom is -0.392 e. The molecule has 0 bridgehead atoms. The molecule has 286 valence electrons. The second-order valence-electron chi connectivity index (χ2n) is 14.4. The Morgan fingerprint density at radius 2 is 1.33 bits per heavy atom. The summed E-state index contributed by atoms with van der Waals surface area (Å²) in [5.41, 5.74) is 9.05. The molecule has 2 aliphatic rings. The van der Waals surface area contributed by atoms with E-state index in [1.807, 2.05) is 30.3 Å². The molecule has 2 fully saturated rings. The van der Waals surface area contributed by atoms with Gasteiger partial charge in [-0.15, -0.1) is 0 Å². The summed E-state index contributed by atoms with van der Waals surface area (Å²) in [6.07, 6.45) is 3.92. The van der Waals surface area contributed by atoms with E-state index in [0.717, 1.165) is 98.3 Å². The maximum atomic E-state index is 12.6. The second-order valence-corrected chi connectivity index (χ2v) is 14.4. The Bertz CT molecular complexity index is 1750. The van der Waals surface area contributed by atoms with E-state index in [9.17, 15) is 14.7 Å². The molecule has 2 heterocycles. The molecule has 10 heteroatoms. The fourth-order valence-corrected chi connectivity index (χ4v) is 7.33. The normalized spacial score (nSPS) is 19.3. The Kier molecular flexibility index (Phi) is 14.8. The quantitative estimate of drug-likeness (QED) is 0.0539. The van der Waals surface area contributed by atoms with E-state index in [0.29, 0.717) is 19.4 Å². The third-order valence-electron chi connectivity index (χ3n) is 10.5. The number of unbranched alkanes of at least 4 members (excludes halogenated alkanes) is 3. The zero-order chi connectivity index (χ0) is 37.5. The van der Waals surface area contributed by atoms with E-state index in [-0.39, 0.29) is 37.0 Å². The third kappa shape index (κ3) is 11.5. The number of ether oxygens (including phenoxy) is 2. The van der Waals surface area contributed by atoms with Gasteiger partial charge in [0.05, 0.1) is 18.8 Å². The average Bonchev–Trinajstić information content (AvgIpc) is 3.22. The maximum absolute atomic E-state index is 12.6. The van der Waals surface area contributed by atoms with Crippen LogP contribution in [0.15, 0.2) is 103 Å². The highest BCUT2D eigenvalue weighted by atomic mass is 16.7. The van der Waals surface area contributed by atoms with Crippen molar-refractivity contribution in [3.05, 3.63) is 131 Å². The predicted molar refractivity (Wildman–Crippen MR) is 208 cm³/mol. The van der Waals surface area contributed by atoms with Crippen molar-refractivity contribution in [3.8, 4) is 11.1 Å². The molecular weight excluding hydrogens is 681 g/mol. The first-order valence-electron chi connectivity index (χ1n) is 19.3. The van der Waals surface area contributed by atoms with Gasteiger partial charge in [0.2, 0.25) is 11.8 Å². The van der Waals surface area contributed by atoms with Crippen LogP contribution in [0.2, 0.25) is 0 Å². The number of hydrogen-bond acceptors (Lipinski definition) is 8. The lowest BCUT2D eigenvalue weighted by atomic mass is 9.97. The molecule has 3 atom stereocenters. The molecule has 4 aromatic rings. The fourth-order valence-electron chi connectivity index (χ4n) is 7.33. The summed E-state index contributed by atoms with van der Waals surface area (Å²) in [5, 5.41) is 21.3. The lowest BCUT2D eigenvalue weighted by molar-refractivity contribution is -0.253. The summed E-state index contributed by atoms with van der Waals surface area (Å²) in [7, 11) is 0. The van der Waals surface area contributed by atoms with Crippen molar-refractivity contribution in [1.29, 1.82) is 0 Å². The highest BCUT2D eigenvalue weighted by molar-refractivity contribution is 5.76. The molecule has 0 spiro atoms. The number of nitrogens with one attached hydrogen (secondary N) is 2. The zero-order valence-corrected chi connectivity index (χ0v) is 31.1. The number of hydrogen-bond donors (Lipinski definition) is 4. The number of carbonyl (C=O) groups excluding carboxylic acids is 2. The Balaban J connectivity index is 1.06. The Hall–Kier alpha value is -4.42. The molecule has 0 saturated carbocycles. The van der Waals surface area contributed by atoms with Gasteiger partial charge in [0.25, 0.3) is 0 Å². The van der Waals surface area contributed by atoms with Crippen LogP contribution in [-0.4, -0.2) is 70.8 Å². The van der Waals surface area contributed by atoms with Crippen molar-refractivity contribution in [2.75, 3.05) is 32.7 Å². The van der Waals surface area contributed by atoms with Crippen molar-refractivity contribution in [2.24, 2.45) is 0 Å². The van der Waals surface area contributed by atoms with Crippen molar-refractivity contribution in [2.45, 2.75) is 83.1 Å². The molecule has 2 amide bonds. The van der Waals surface area contributed by atoms with Crippen LogP contribution in [-0.2, 0) is 38.8 Å². The number of piperazine rings is 1. The first-order chi connectivity index (χ1) is 26.5. The molecule has 54 heavy (non-hydrogen) atoms. The van der Waals surface area contributed by atoms with Gasteiger partial charge in [-0.05, 0) is 46.2 Å². The van der Waals surface area contributed by atoms with Crippen LogP contribution in [0.1, 0.15) is 85.2 Å². The van der Waals surface area contributed by atoms with Gasteiger partial charge in [-0.25, -0.2) is 5.48 Å². The minimum atomic E-state index is -0.527.